The van der Waals surface area contributed by atoms with Crippen molar-refractivity contribution in [2.24, 2.45) is 0 Å². The predicted octanol–water partition coefficient (Wildman–Crippen LogP) is 0.661. The molecule has 4 nitrogen and oxygen atoms in total. The number of likely N-dealkylation sites (N-methyl/N-ethyl adjacent to an activating group) is 1. The third-order valence-electron chi connectivity index (χ3n) is 3.08. The highest BCUT2D eigenvalue weighted by Gasteiger charge is 2.27. The van der Waals surface area contributed by atoms with Crippen molar-refractivity contribution in [3.63, 3.8) is 0 Å². The third kappa shape index (κ3) is 3.16. The van der Waals surface area contributed by atoms with Crippen LogP contribution in [0.5, 0.6) is 0 Å². The Hall–Kier alpha value is -1.18. The molecular weight excluding hydrogens is 202 g/mol. The van der Waals surface area contributed by atoms with Crippen molar-refractivity contribution in [3.05, 3.63) is 11.6 Å². The molecule has 1 aliphatic rings. The fourth-order valence-electron chi connectivity index (χ4n) is 1.95. The Morgan fingerprint density at radius 1 is 1.31 bits per heavy atom. The molecule has 0 aliphatic carbocycles. The van der Waals surface area contributed by atoms with Crippen LogP contribution in [0.4, 0.5) is 0 Å². The van der Waals surface area contributed by atoms with Gasteiger partial charge in [0.1, 0.15) is 6.07 Å². The van der Waals surface area contributed by atoms with Gasteiger partial charge in [-0.25, -0.2) is 0 Å². The van der Waals surface area contributed by atoms with E-state index < -0.39 is 0 Å². The number of piperazine rings is 1. The van der Waals surface area contributed by atoms with E-state index >= 15 is 0 Å². The summed E-state index contributed by atoms with van der Waals surface area (Å²) in [6.45, 7) is 8.08. The SMILES string of the molecule is CN1CCN(C(C)(C)/C=C(\C#N)C=O)CC1. The number of nitriles is 1. The maximum Gasteiger partial charge on any atom is 0.160 e. The molecular formula is C12H19N3O. The van der Waals surface area contributed by atoms with Crippen molar-refractivity contribution >= 4 is 6.29 Å². The predicted molar refractivity (Wildman–Crippen MR) is 62.9 cm³/mol. The van der Waals surface area contributed by atoms with Crippen LogP contribution in [0.2, 0.25) is 0 Å². The minimum absolute atomic E-state index is 0.212. The Bertz CT molecular complexity index is 320. The fraction of sp³-hybridized carbons (Fsp3) is 0.667. The van der Waals surface area contributed by atoms with Gasteiger partial charge in [0.2, 0.25) is 0 Å². The molecule has 0 radical (unpaired) electrons. The van der Waals surface area contributed by atoms with Crippen LogP contribution in [0, 0.1) is 11.3 Å². The number of hydrogen-bond acceptors (Lipinski definition) is 4. The molecule has 0 bridgehead atoms. The fourth-order valence-corrected chi connectivity index (χ4v) is 1.95. The molecule has 1 aliphatic heterocycles. The molecule has 1 saturated heterocycles. The minimum atomic E-state index is -0.229. The first-order chi connectivity index (χ1) is 7.49. The Morgan fingerprint density at radius 2 is 1.88 bits per heavy atom. The lowest BCUT2D eigenvalue weighted by Crippen LogP contribution is -2.53. The highest BCUT2D eigenvalue weighted by molar-refractivity contribution is 5.79. The summed E-state index contributed by atoms with van der Waals surface area (Å²) < 4.78 is 0. The van der Waals surface area contributed by atoms with E-state index in [0.717, 1.165) is 26.2 Å². The van der Waals surface area contributed by atoms with Gasteiger partial charge in [-0.05, 0) is 27.0 Å². The lowest BCUT2D eigenvalue weighted by Gasteiger charge is -2.41. The molecule has 0 saturated carbocycles. The summed E-state index contributed by atoms with van der Waals surface area (Å²) in [5.74, 6) is 0. The highest BCUT2D eigenvalue weighted by atomic mass is 16.1. The smallest absolute Gasteiger partial charge is 0.160 e. The van der Waals surface area contributed by atoms with Crippen LogP contribution < -0.4 is 0 Å². The zero-order valence-electron chi connectivity index (χ0n) is 10.2. The van der Waals surface area contributed by atoms with E-state index in [4.69, 9.17) is 5.26 Å². The summed E-state index contributed by atoms with van der Waals surface area (Å²) in [6, 6.07) is 1.91. The molecule has 0 atom stereocenters. The normalized spacial score (nSPS) is 20.5. The highest BCUT2D eigenvalue weighted by Crippen LogP contribution is 2.19. The molecule has 0 unspecified atom stereocenters. The first-order valence-corrected chi connectivity index (χ1v) is 5.51. The van der Waals surface area contributed by atoms with Crippen molar-refractivity contribution in [3.8, 4) is 6.07 Å². The molecule has 1 heterocycles. The van der Waals surface area contributed by atoms with Gasteiger partial charge in [-0.3, -0.25) is 9.69 Å². The maximum absolute atomic E-state index is 10.6. The second kappa shape index (κ2) is 5.24. The van der Waals surface area contributed by atoms with Crippen molar-refractivity contribution in [2.75, 3.05) is 33.2 Å². The summed E-state index contributed by atoms with van der Waals surface area (Å²) in [6.07, 6.45) is 2.38. The number of carbonyl (C=O) groups excluding carboxylic acids is 1. The maximum atomic E-state index is 10.6. The van der Waals surface area contributed by atoms with Crippen LogP contribution in [0.15, 0.2) is 11.6 Å². The van der Waals surface area contributed by atoms with Gasteiger partial charge in [-0.1, -0.05) is 0 Å². The monoisotopic (exact) mass is 221 g/mol. The number of carbonyl (C=O) groups is 1. The van der Waals surface area contributed by atoms with Crippen LogP contribution >= 0.6 is 0 Å². The van der Waals surface area contributed by atoms with Crippen LogP contribution in [-0.2, 0) is 4.79 Å². The standard InChI is InChI=1S/C12H19N3O/c1-12(2,8-11(9-13)10-16)15-6-4-14(3)5-7-15/h8,10H,4-7H2,1-3H3/b11-8+. The largest absolute Gasteiger partial charge is 0.304 e. The molecule has 1 rings (SSSR count). The number of nitrogens with zero attached hydrogens (tertiary/aromatic N) is 3. The first kappa shape index (κ1) is 12.9. The summed E-state index contributed by atoms with van der Waals surface area (Å²) in [4.78, 5) is 15.2. The number of aldehydes is 1. The Balaban J connectivity index is 2.74. The third-order valence-corrected chi connectivity index (χ3v) is 3.08. The quantitative estimate of drug-likeness (QED) is 0.399. The lowest BCUT2D eigenvalue weighted by molar-refractivity contribution is -0.104. The van der Waals surface area contributed by atoms with Gasteiger partial charge in [0.05, 0.1) is 5.57 Å². The minimum Gasteiger partial charge on any atom is -0.304 e. The Kier molecular flexibility index (Phi) is 4.22. The van der Waals surface area contributed by atoms with Crippen LogP contribution in [0.25, 0.3) is 0 Å². The average Bonchev–Trinajstić information content (AvgIpc) is 2.26. The molecule has 88 valence electrons. The molecule has 0 amide bonds. The topological polar surface area (TPSA) is 47.3 Å². The van der Waals surface area contributed by atoms with Crippen molar-refractivity contribution in [1.29, 1.82) is 5.26 Å². The van der Waals surface area contributed by atoms with Crippen molar-refractivity contribution in [2.45, 2.75) is 19.4 Å². The van der Waals surface area contributed by atoms with E-state index in [-0.39, 0.29) is 11.1 Å². The molecule has 0 aromatic rings. The summed E-state index contributed by atoms with van der Waals surface area (Å²) in [7, 11) is 2.10. The van der Waals surface area contributed by atoms with Gasteiger partial charge in [-0.15, -0.1) is 0 Å². The zero-order chi connectivity index (χ0) is 12.2. The van der Waals surface area contributed by atoms with Gasteiger partial charge < -0.3 is 4.90 Å². The van der Waals surface area contributed by atoms with Crippen LogP contribution in [0.3, 0.4) is 0 Å². The van der Waals surface area contributed by atoms with E-state index in [2.05, 4.69) is 16.8 Å². The summed E-state index contributed by atoms with van der Waals surface area (Å²) in [5.41, 5.74) is -0.0170. The number of hydrogen-bond donors (Lipinski definition) is 0. The molecule has 0 aromatic carbocycles. The summed E-state index contributed by atoms with van der Waals surface area (Å²) >= 11 is 0. The van der Waals surface area contributed by atoms with E-state index in [1.165, 1.54) is 0 Å². The first-order valence-electron chi connectivity index (χ1n) is 5.51. The molecule has 0 spiro atoms. The lowest BCUT2D eigenvalue weighted by atomic mass is 9.98. The van der Waals surface area contributed by atoms with Crippen molar-refractivity contribution in [1.82, 2.24) is 9.80 Å². The van der Waals surface area contributed by atoms with E-state index in [9.17, 15) is 4.79 Å². The Morgan fingerprint density at radius 3 is 2.31 bits per heavy atom. The van der Waals surface area contributed by atoms with Gasteiger partial charge in [-0.2, -0.15) is 5.26 Å². The Labute approximate surface area is 97.1 Å². The second-order valence-electron chi connectivity index (χ2n) is 4.77. The molecule has 1 fully saturated rings. The molecule has 0 N–H and O–H groups in total. The van der Waals surface area contributed by atoms with E-state index in [1.54, 1.807) is 6.08 Å². The van der Waals surface area contributed by atoms with Crippen molar-refractivity contribution < 1.29 is 4.79 Å². The van der Waals surface area contributed by atoms with Gasteiger partial charge in [0.25, 0.3) is 0 Å². The summed E-state index contributed by atoms with van der Waals surface area (Å²) in [5, 5.41) is 8.75. The van der Waals surface area contributed by atoms with Gasteiger partial charge in [0, 0.05) is 31.7 Å². The zero-order valence-corrected chi connectivity index (χ0v) is 10.2. The second-order valence-corrected chi connectivity index (χ2v) is 4.77. The van der Waals surface area contributed by atoms with E-state index in [0.29, 0.717) is 6.29 Å². The number of allylic oxidation sites excluding steroid dienone is 1. The number of rotatable bonds is 3. The van der Waals surface area contributed by atoms with Gasteiger partial charge >= 0.3 is 0 Å². The molecule has 0 aromatic heterocycles. The molecule has 4 heteroatoms. The van der Waals surface area contributed by atoms with E-state index in [1.807, 2.05) is 19.9 Å². The van der Waals surface area contributed by atoms with Gasteiger partial charge in [0.15, 0.2) is 6.29 Å². The van der Waals surface area contributed by atoms with Crippen LogP contribution in [0.1, 0.15) is 13.8 Å². The average molecular weight is 221 g/mol. The molecule has 16 heavy (non-hydrogen) atoms. The van der Waals surface area contributed by atoms with Crippen LogP contribution in [-0.4, -0.2) is 54.9 Å².